The Labute approximate surface area is 170 Å². The molecular formula is C16H18N4O7S2. The van der Waals surface area contributed by atoms with Crippen LogP contribution in [0.5, 0.6) is 0 Å². The lowest BCUT2D eigenvalue weighted by Gasteiger charge is -2.26. The van der Waals surface area contributed by atoms with Crippen LogP contribution >= 0.6 is 11.8 Å². The fraction of sp³-hybridized carbons (Fsp3) is 0.375. The zero-order valence-electron chi connectivity index (χ0n) is 15.7. The van der Waals surface area contributed by atoms with Crippen LogP contribution in [0.3, 0.4) is 0 Å². The van der Waals surface area contributed by atoms with Crippen LogP contribution in [0.4, 0.5) is 4.79 Å². The number of thioether (sulfide) groups is 1. The number of aromatic nitrogens is 3. The molecule has 1 aromatic carbocycles. The number of carbonyl (C=O) groups is 2. The third-order valence-electron chi connectivity index (χ3n) is 4.12. The van der Waals surface area contributed by atoms with Gasteiger partial charge in [-0.05, 0) is 24.8 Å². The molecule has 0 atom stereocenters. The van der Waals surface area contributed by atoms with Crippen LogP contribution in [-0.2, 0) is 26.5 Å². The summed E-state index contributed by atoms with van der Waals surface area (Å²) in [6, 6.07) is 2.99. The summed E-state index contributed by atoms with van der Waals surface area (Å²) >= 11 is 1.11. The van der Waals surface area contributed by atoms with Crippen LogP contribution in [0.1, 0.15) is 15.9 Å². The number of sulfonamides is 1. The Kier molecular flexibility index (Phi) is 5.82. The monoisotopic (exact) mass is 442 g/mol. The van der Waals surface area contributed by atoms with Crippen molar-refractivity contribution in [2.45, 2.75) is 23.1 Å². The summed E-state index contributed by atoms with van der Waals surface area (Å²) in [5.41, 5.74) is -0.811. The molecule has 29 heavy (non-hydrogen) atoms. The second-order valence-electron chi connectivity index (χ2n) is 6.17. The van der Waals surface area contributed by atoms with Crippen molar-refractivity contribution in [2.24, 2.45) is 7.05 Å². The first-order valence-electron chi connectivity index (χ1n) is 8.31. The van der Waals surface area contributed by atoms with Crippen LogP contribution in [0, 0.1) is 6.92 Å². The number of benzene rings is 1. The highest BCUT2D eigenvalue weighted by molar-refractivity contribution is 7.98. The van der Waals surface area contributed by atoms with Gasteiger partial charge >= 0.3 is 17.7 Å². The number of esters is 1. The second kappa shape index (κ2) is 8.00. The molecule has 3 rings (SSSR count). The molecule has 2 aromatic rings. The van der Waals surface area contributed by atoms with E-state index in [0.29, 0.717) is 4.68 Å². The summed E-state index contributed by atoms with van der Waals surface area (Å²) in [5, 5.41) is 4.02. The fourth-order valence-electron chi connectivity index (χ4n) is 2.61. The molecule has 0 unspecified atom stereocenters. The molecule has 1 N–H and O–H groups in total. The van der Waals surface area contributed by atoms with Gasteiger partial charge in [0.1, 0.15) is 11.0 Å². The molecule has 2 heterocycles. The number of aryl methyl sites for hydroxylation is 1. The molecule has 0 saturated carbocycles. The maximum atomic E-state index is 12.9. The van der Waals surface area contributed by atoms with E-state index in [-0.39, 0.29) is 29.5 Å². The first-order valence-corrected chi connectivity index (χ1v) is 11.0. The third-order valence-corrected chi connectivity index (χ3v) is 6.36. The van der Waals surface area contributed by atoms with Gasteiger partial charge in [0.2, 0.25) is 0 Å². The van der Waals surface area contributed by atoms with E-state index in [1.165, 1.54) is 32.2 Å². The van der Waals surface area contributed by atoms with Gasteiger partial charge in [-0.3, -0.25) is 4.57 Å². The van der Waals surface area contributed by atoms with Gasteiger partial charge in [-0.25, -0.2) is 27.5 Å². The Morgan fingerprint density at radius 3 is 2.59 bits per heavy atom. The molecule has 1 aliphatic heterocycles. The highest BCUT2D eigenvalue weighted by Gasteiger charge is 2.31. The van der Waals surface area contributed by atoms with Gasteiger partial charge < -0.3 is 9.47 Å². The minimum absolute atomic E-state index is 0.225. The fourth-order valence-corrected chi connectivity index (χ4v) is 4.47. The number of amides is 1. The molecule has 1 fully saturated rings. The highest BCUT2D eigenvalue weighted by Crippen LogP contribution is 2.22. The van der Waals surface area contributed by atoms with Gasteiger partial charge in [0.15, 0.2) is 5.16 Å². The number of nitrogens with zero attached hydrogens (tertiary/aromatic N) is 3. The average Bonchev–Trinajstić information content (AvgIpc) is 2.92. The summed E-state index contributed by atoms with van der Waals surface area (Å²) < 4.78 is 39.2. The SMILES string of the molecule is CSc1nn(C(=O)NS(=O)(=O)c2c(C)cccc2C(=O)OC2COC2)c(=O)n1C. The molecule has 0 bridgehead atoms. The summed E-state index contributed by atoms with van der Waals surface area (Å²) in [6.07, 6.45) is 1.20. The number of carbonyl (C=O) groups excluding carboxylic acids is 2. The normalized spacial score (nSPS) is 14.3. The molecule has 0 spiro atoms. The van der Waals surface area contributed by atoms with Crippen molar-refractivity contribution in [1.82, 2.24) is 19.1 Å². The molecule has 1 saturated heterocycles. The third kappa shape index (κ3) is 4.06. The molecule has 11 nitrogen and oxygen atoms in total. The lowest BCUT2D eigenvalue weighted by atomic mass is 10.1. The molecule has 1 aromatic heterocycles. The quantitative estimate of drug-likeness (QED) is 0.505. The first-order chi connectivity index (χ1) is 13.7. The van der Waals surface area contributed by atoms with Crippen molar-refractivity contribution in [3.8, 4) is 0 Å². The number of rotatable bonds is 5. The number of ether oxygens (including phenoxy) is 2. The molecule has 156 valence electrons. The van der Waals surface area contributed by atoms with Crippen LogP contribution < -0.4 is 10.4 Å². The number of nitrogens with one attached hydrogen (secondary N) is 1. The summed E-state index contributed by atoms with van der Waals surface area (Å²) in [6.45, 7) is 1.94. The van der Waals surface area contributed by atoms with E-state index < -0.39 is 38.7 Å². The summed E-state index contributed by atoms with van der Waals surface area (Å²) in [5.74, 6) is -0.852. The zero-order valence-corrected chi connectivity index (χ0v) is 17.4. The smallest absolute Gasteiger partial charge is 0.360 e. The van der Waals surface area contributed by atoms with E-state index in [1.807, 2.05) is 0 Å². The van der Waals surface area contributed by atoms with E-state index in [2.05, 4.69) is 5.10 Å². The van der Waals surface area contributed by atoms with Crippen molar-refractivity contribution in [3.05, 3.63) is 39.8 Å². The number of hydrogen-bond acceptors (Lipinski definition) is 9. The van der Waals surface area contributed by atoms with Crippen LogP contribution in [0.25, 0.3) is 0 Å². The van der Waals surface area contributed by atoms with E-state index in [4.69, 9.17) is 9.47 Å². The van der Waals surface area contributed by atoms with Gasteiger partial charge in [-0.15, -0.1) is 9.78 Å². The molecule has 0 aliphatic carbocycles. The summed E-state index contributed by atoms with van der Waals surface area (Å²) in [7, 11) is -3.11. The number of hydrogen-bond donors (Lipinski definition) is 1. The molecule has 0 radical (unpaired) electrons. The van der Waals surface area contributed by atoms with Crippen LogP contribution in [0.15, 0.2) is 33.0 Å². The average molecular weight is 442 g/mol. The van der Waals surface area contributed by atoms with Crippen molar-refractivity contribution in [2.75, 3.05) is 19.5 Å². The predicted octanol–water partition coefficient (Wildman–Crippen LogP) is 0.114. The Bertz CT molecular complexity index is 1130. The van der Waals surface area contributed by atoms with Gasteiger partial charge in [-0.2, -0.15) is 0 Å². The van der Waals surface area contributed by atoms with Crippen molar-refractivity contribution in [1.29, 1.82) is 0 Å². The highest BCUT2D eigenvalue weighted by atomic mass is 32.2. The van der Waals surface area contributed by atoms with Crippen molar-refractivity contribution < 1.29 is 27.5 Å². The Balaban J connectivity index is 1.94. The lowest BCUT2D eigenvalue weighted by molar-refractivity contribution is -0.103. The van der Waals surface area contributed by atoms with E-state index in [1.54, 1.807) is 11.0 Å². The zero-order chi connectivity index (χ0) is 21.3. The standard InChI is InChI=1S/C16H18N4O7S2/c1-9-5-4-6-11(13(21)27-10-7-26-8-10)12(9)29(24,25)18-14(22)20-16(23)19(2)15(17-20)28-3/h4-6,10H,7-8H2,1-3H3,(H,18,22). The van der Waals surface area contributed by atoms with Crippen LogP contribution in [-0.4, -0.2) is 60.3 Å². The van der Waals surface area contributed by atoms with Crippen molar-refractivity contribution in [3.63, 3.8) is 0 Å². The largest absolute Gasteiger partial charge is 0.454 e. The van der Waals surface area contributed by atoms with Gasteiger partial charge in [0.05, 0.1) is 18.8 Å². The maximum Gasteiger partial charge on any atom is 0.360 e. The Morgan fingerprint density at radius 2 is 2.03 bits per heavy atom. The van der Waals surface area contributed by atoms with E-state index in [0.717, 1.165) is 16.3 Å². The lowest BCUT2D eigenvalue weighted by Crippen LogP contribution is -2.41. The Morgan fingerprint density at radius 1 is 1.34 bits per heavy atom. The molecule has 1 aliphatic rings. The first kappa shape index (κ1) is 21.1. The topological polar surface area (TPSA) is 139 Å². The van der Waals surface area contributed by atoms with Crippen molar-refractivity contribution >= 4 is 33.8 Å². The van der Waals surface area contributed by atoms with Gasteiger partial charge in [-0.1, -0.05) is 23.9 Å². The molecule has 1 amide bonds. The molecular weight excluding hydrogens is 424 g/mol. The second-order valence-corrected chi connectivity index (χ2v) is 8.56. The van der Waals surface area contributed by atoms with Gasteiger partial charge in [0.25, 0.3) is 10.0 Å². The van der Waals surface area contributed by atoms with E-state index in [9.17, 15) is 22.8 Å². The molecule has 13 heteroatoms. The Hall–Kier alpha value is -2.64. The van der Waals surface area contributed by atoms with Crippen LogP contribution in [0.2, 0.25) is 0 Å². The minimum Gasteiger partial charge on any atom is -0.454 e. The maximum absolute atomic E-state index is 12.9. The van der Waals surface area contributed by atoms with E-state index >= 15 is 0 Å². The van der Waals surface area contributed by atoms with Gasteiger partial charge in [0, 0.05) is 7.05 Å². The summed E-state index contributed by atoms with van der Waals surface area (Å²) in [4.78, 5) is 36.6. The predicted molar refractivity (Wildman–Crippen MR) is 102 cm³/mol. The minimum atomic E-state index is -4.51.